The second-order valence-electron chi connectivity index (χ2n) is 3.98. The number of benzene rings is 1. The first-order valence-electron chi connectivity index (χ1n) is 5.81. The van der Waals surface area contributed by atoms with Crippen LogP contribution in [-0.2, 0) is 0 Å². The second-order valence-corrected chi connectivity index (χ2v) is 4.84. The molecule has 3 N–H and O–H groups in total. The van der Waals surface area contributed by atoms with Crippen LogP contribution in [0.5, 0.6) is 0 Å². The minimum atomic E-state index is 0.642. The zero-order chi connectivity index (χ0) is 13.1. The van der Waals surface area contributed by atoms with Crippen LogP contribution in [0.15, 0.2) is 54.0 Å². The molecular formula is C14H12N4S. The molecule has 0 fully saturated rings. The number of rotatable bonds is 3. The van der Waals surface area contributed by atoms with Crippen molar-refractivity contribution >= 4 is 17.2 Å². The summed E-state index contributed by atoms with van der Waals surface area (Å²) >= 11 is 1.61. The van der Waals surface area contributed by atoms with Crippen molar-refractivity contribution in [3.63, 3.8) is 0 Å². The fourth-order valence-electron chi connectivity index (χ4n) is 1.75. The Bertz CT molecular complexity index is 661. The van der Waals surface area contributed by atoms with Gasteiger partial charge in [0.25, 0.3) is 0 Å². The number of nitrogens with zero attached hydrogens (tertiary/aromatic N) is 2. The molecule has 0 saturated carbocycles. The van der Waals surface area contributed by atoms with Gasteiger partial charge in [-0.15, -0.1) is 11.3 Å². The maximum Gasteiger partial charge on any atom is 0.139 e. The lowest BCUT2D eigenvalue weighted by molar-refractivity contribution is 1.23. The third-order valence-corrected chi connectivity index (χ3v) is 3.62. The third-order valence-electron chi connectivity index (χ3n) is 2.73. The van der Waals surface area contributed by atoms with Gasteiger partial charge in [-0.25, -0.2) is 15.8 Å². The highest BCUT2D eigenvalue weighted by atomic mass is 32.1. The standard InChI is InChI=1S/C14H12N4S/c15-18-13-7-6-11(8-16-13)14-17-12(9-19-14)10-4-2-1-3-5-10/h1-9H,15H2,(H,16,18). The van der Waals surface area contributed by atoms with Gasteiger partial charge in [-0.1, -0.05) is 30.3 Å². The van der Waals surface area contributed by atoms with Gasteiger partial charge in [0.1, 0.15) is 10.8 Å². The molecule has 0 aliphatic rings. The molecule has 5 heteroatoms. The molecule has 3 rings (SSSR count). The number of thiazole rings is 1. The van der Waals surface area contributed by atoms with Crippen LogP contribution in [0.2, 0.25) is 0 Å². The number of nitrogens with one attached hydrogen (secondary N) is 1. The van der Waals surface area contributed by atoms with Crippen molar-refractivity contribution in [2.75, 3.05) is 5.43 Å². The molecule has 0 bridgehead atoms. The van der Waals surface area contributed by atoms with Gasteiger partial charge in [-0.2, -0.15) is 0 Å². The maximum absolute atomic E-state index is 5.29. The highest BCUT2D eigenvalue weighted by molar-refractivity contribution is 7.13. The summed E-state index contributed by atoms with van der Waals surface area (Å²) in [6.07, 6.45) is 1.77. The zero-order valence-electron chi connectivity index (χ0n) is 10.1. The lowest BCUT2D eigenvalue weighted by atomic mass is 10.2. The summed E-state index contributed by atoms with van der Waals surface area (Å²) in [5.41, 5.74) is 5.61. The first-order chi connectivity index (χ1) is 9.36. The molecule has 2 aromatic heterocycles. The number of anilines is 1. The summed E-state index contributed by atoms with van der Waals surface area (Å²) in [5.74, 6) is 5.94. The number of hydrazine groups is 1. The van der Waals surface area contributed by atoms with Crippen molar-refractivity contribution in [3.05, 3.63) is 54.0 Å². The van der Waals surface area contributed by atoms with Crippen LogP contribution in [0, 0.1) is 0 Å². The lowest BCUT2D eigenvalue weighted by Gasteiger charge is -1.99. The Morgan fingerprint density at radius 1 is 1.00 bits per heavy atom. The molecule has 19 heavy (non-hydrogen) atoms. The molecule has 3 aromatic rings. The van der Waals surface area contributed by atoms with Gasteiger partial charge in [-0.3, -0.25) is 0 Å². The van der Waals surface area contributed by atoms with Crippen LogP contribution < -0.4 is 11.3 Å². The summed E-state index contributed by atoms with van der Waals surface area (Å²) in [5, 5.41) is 3.01. The van der Waals surface area contributed by atoms with E-state index < -0.39 is 0 Å². The molecule has 94 valence electrons. The van der Waals surface area contributed by atoms with E-state index in [0.717, 1.165) is 21.8 Å². The van der Waals surface area contributed by atoms with E-state index in [1.165, 1.54) is 0 Å². The van der Waals surface area contributed by atoms with Gasteiger partial charge >= 0.3 is 0 Å². The number of aromatic nitrogens is 2. The van der Waals surface area contributed by atoms with Gasteiger partial charge < -0.3 is 5.43 Å². The fourth-order valence-corrected chi connectivity index (χ4v) is 2.57. The quantitative estimate of drug-likeness (QED) is 0.565. The number of nitrogen functional groups attached to an aromatic ring is 1. The Morgan fingerprint density at radius 2 is 1.84 bits per heavy atom. The summed E-state index contributed by atoms with van der Waals surface area (Å²) in [7, 11) is 0. The number of nitrogens with two attached hydrogens (primary N) is 1. The molecule has 0 saturated heterocycles. The average Bonchev–Trinajstić information content (AvgIpc) is 2.98. The van der Waals surface area contributed by atoms with Crippen LogP contribution in [0.1, 0.15) is 0 Å². The summed E-state index contributed by atoms with van der Waals surface area (Å²) < 4.78 is 0. The van der Waals surface area contributed by atoms with Gasteiger partial charge in [0.05, 0.1) is 5.69 Å². The van der Waals surface area contributed by atoms with Crippen LogP contribution in [0.4, 0.5) is 5.82 Å². The van der Waals surface area contributed by atoms with E-state index in [1.54, 1.807) is 17.5 Å². The van der Waals surface area contributed by atoms with E-state index >= 15 is 0 Å². The van der Waals surface area contributed by atoms with E-state index in [9.17, 15) is 0 Å². The molecule has 0 aliphatic carbocycles. The molecule has 0 atom stereocenters. The highest BCUT2D eigenvalue weighted by Crippen LogP contribution is 2.28. The maximum atomic E-state index is 5.29. The van der Waals surface area contributed by atoms with Crippen LogP contribution in [-0.4, -0.2) is 9.97 Å². The highest BCUT2D eigenvalue weighted by Gasteiger charge is 2.06. The second kappa shape index (κ2) is 5.17. The van der Waals surface area contributed by atoms with Crippen molar-refractivity contribution in [2.24, 2.45) is 5.84 Å². The summed E-state index contributed by atoms with van der Waals surface area (Å²) in [6.45, 7) is 0. The summed E-state index contributed by atoms with van der Waals surface area (Å²) in [6, 6.07) is 13.9. The Hall–Kier alpha value is -2.24. The molecule has 0 radical (unpaired) electrons. The average molecular weight is 268 g/mol. The predicted octanol–water partition coefficient (Wildman–Crippen LogP) is 3.16. The molecule has 2 heterocycles. The van der Waals surface area contributed by atoms with Crippen molar-refractivity contribution in [3.8, 4) is 21.8 Å². The summed E-state index contributed by atoms with van der Waals surface area (Å²) in [4.78, 5) is 8.82. The predicted molar refractivity (Wildman–Crippen MR) is 78.6 cm³/mol. The molecule has 4 nitrogen and oxygen atoms in total. The molecular weight excluding hydrogens is 256 g/mol. The monoisotopic (exact) mass is 268 g/mol. The number of hydrogen-bond donors (Lipinski definition) is 2. The van der Waals surface area contributed by atoms with Gasteiger partial charge in [0.2, 0.25) is 0 Å². The van der Waals surface area contributed by atoms with Crippen molar-refractivity contribution in [1.29, 1.82) is 0 Å². The van der Waals surface area contributed by atoms with Crippen LogP contribution >= 0.6 is 11.3 Å². The lowest BCUT2D eigenvalue weighted by Crippen LogP contribution is -2.07. The molecule has 0 spiro atoms. The number of pyridine rings is 1. The van der Waals surface area contributed by atoms with Crippen molar-refractivity contribution in [1.82, 2.24) is 9.97 Å². The molecule has 0 unspecified atom stereocenters. The Balaban J connectivity index is 1.92. The normalized spacial score (nSPS) is 10.4. The number of hydrogen-bond acceptors (Lipinski definition) is 5. The Morgan fingerprint density at radius 3 is 2.53 bits per heavy atom. The van der Waals surface area contributed by atoms with E-state index in [-0.39, 0.29) is 0 Å². The largest absolute Gasteiger partial charge is 0.308 e. The first-order valence-corrected chi connectivity index (χ1v) is 6.69. The van der Waals surface area contributed by atoms with E-state index in [0.29, 0.717) is 5.82 Å². The van der Waals surface area contributed by atoms with E-state index in [4.69, 9.17) is 5.84 Å². The minimum absolute atomic E-state index is 0.642. The third kappa shape index (κ3) is 2.47. The molecule has 1 aromatic carbocycles. The SMILES string of the molecule is NNc1ccc(-c2nc(-c3ccccc3)cs2)cn1. The van der Waals surface area contributed by atoms with Crippen molar-refractivity contribution < 1.29 is 0 Å². The van der Waals surface area contributed by atoms with Gasteiger partial charge in [0.15, 0.2) is 0 Å². The van der Waals surface area contributed by atoms with Crippen LogP contribution in [0.3, 0.4) is 0 Å². The smallest absolute Gasteiger partial charge is 0.139 e. The van der Waals surface area contributed by atoms with Crippen LogP contribution in [0.25, 0.3) is 21.8 Å². The Labute approximate surface area is 114 Å². The molecule has 0 amide bonds. The minimum Gasteiger partial charge on any atom is -0.308 e. The first kappa shape index (κ1) is 11.8. The van der Waals surface area contributed by atoms with Gasteiger partial charge in [0, 0.05) is 22.7 Å². The Kier molecular flexibility index (Phi) is 3.22. The topological polar surface area (TPSA) is 63.8 Å². The zero-order valence-corrected chi connectivity index (χ0v) is 10.9. The van der Waals surface area contributed by atoms with Gasteiger partial charge in [-0.05, 0) is 12.1 Å². The van der Waals surface area contributed by atoms with E-state index in [2.05, 4.69) is 32.9 Å². The van der Waals surface area contributed by atoms with Crippen molar-refractivity contribution in [2.45, 2.75) is 0 Å². The molecule has 0 aliphatic heterocycles. The van der Waals surface area contributed by atoms with E-state index in [1.807, 2.05) is 30.3 Å². The fraction of sp³-hybridized carbons (Fsp3) is 0.